The summed E-state index contributed by atoms with van der Waals surface area (Å²) >= 11 is 3.47. The van der Waals surface area contributed by atoms with Gasteiger partial charge >= 0.3 is 0 Å². The molecular formula is C12H20BrClN4O. The summed E-state index contributed by atoms with van der Waals surface area (Å²) in [5.74, 6) is 0.723. The van der Waals surface area contributed by atoms with Crippen LogP contribution in [0.4, 0.5) is 0 Å². The lowest BCUT2D eigenvalue weighted by atomic mass is 10.1. The van der Waals surface area contributed by atoms with Gasteiger partial charge < -0.3 is 10.6 Å². The number of rotatable bonds is 3. The molecule has 1 saturated heterocycles. The van der Waals surface area contributed by atoms with Gasteiger partial charge in [0, 0.05) is 13.1 Å². The van der Waals surface area contributed by atoms with Crippen molar-refractivity contribution in [3.8, 4) is 0 Å². The van der Waals surface area contributed by atoms with Crippen LogP contribution in [-0.4, -0.2) is 40.6 Å². The topological polar surface area (TPSA) is 75.0 Å². The van der Waals surface area contributed by atoms with Crippen molar-refractivity contribution in [2.45, 2.75) is 26.2 Å². The lowest BCUT2D eigenvalue weighted by Crippen LogP contribution is -2.30. The fourth-order valence-electron chi connectivity index (χ4n) is 2.23. The van der Waals surface area contributed by atoms with Crippen LogP contribution in [0.25, 0.3) is 0 Å². The van der Waals surface area contributed by atoms with Crippen molar-refractivity contribution in [3.63, 3.8) is 0 Å². The molecule has 0 saturated carbocycles. The smallest absolute Gasteiger partial charge is 0.275 e. The number of amides is 1. The van der Waals surface area contributed by atoms with Crippen LogP contribution in [-0.2, 0) is 0 Å². The number of carbonyl (C=O) groups excluding carboxylic acids is 1. The average molecular weight is 352 g/mol. The van der Waals surface area contributed by atoms with Crippen LogP contribution in [0.5, 0.6) is 0 Å². The lowest BCUT2D eigenvalue weighted by Gasteiger charge is -2.15. The quantitative estimate of drug-likeness (QED) is 0.876. The Kier molecular flexibility index (Phi) is 5.82. The third kappa shape index (κ3) is 3.30. The van der Waals surface area contributed by atoms with Crippen LogP contribution in [0.1, 0.15) is 42.4 Å². The van der Waals surface area contributed by atoms with Crippen LogP contribution in [0.15, 0.2) is 4.47 Å². The van der Waals surface area contributed by atoms with Gasteiger partial charge in [-0.2, -0.15) is 5.10 Å². The second kappa shape index (κ2) is 6.72. The number of nitrogens with two attached hydrogens (primary N) is 1. The van der Waals surface area contributed by atoms with Gasteiger partial charge in [-0.15, -0.1) is 12.4 Å². The highest BCUT2D eigenvalue weighted by molar-refractivity contribution is 9.10. The van der Waals surface area contributed by atoms with E-state index in [4.69, 9.17) is 5.73 Å². The van der Waals surface area contributed by atoms with Gasteiger partial charge in [0.1, 0.15) is 0 Å². The fourth-order valence-corrected chi connectivity index (χ4v) is 3.03. The molecule has 0 aliphatic carbocycles. The molecule has 1 amide bonds. The second-order valence-electron chi connectivity index (χ2n) is 5.10. The number of H-pyrrole nitrogens is 1. The van der Waals surface area contributed by atoms with E-state index in [1.807, 2.05) is 4.90 Å². The van der Waals surface area contributed by atoms with Crippen LogP contribution >= 0.6 is 28.3 Å². The first-order valence-electron chi connectivity index (χ1n) is 6.27. The van der Waals surface area contributed by atoms with E-state index >= 15 is 0 Å². The van der Waals surface area contributed by atoms with E-state index in [1.165, 1.54) is 0 Å². The molecule has 19 heavy (non-hydrogen) atoms. The summed E-state index contributed by atoms with van der Waals surface area (Å²) in [6, 6.07) is 0. The highest BCUT2D eigenvalue weighted by Crippen LogP contribution is 2.27. The Balaban J connectivity index is 0.00000180. The zero-order chi connectivity index (χ0) is 13.3. The molecule has 1 fully saturated rings. The second-order valence-corrected chi connectivity index (χ2v) is 5.89. The number of nitrogens with zero attached hydrogens (tertiary/aromatic N) is 2. The lowest BCUT2D eigenvalue weighted by molar-refractivity contribution is 0.0781. The van der Waals surface area contributed by atoms with Crippen LogP contribution in [0, 0.1) is 5.92 Å². The van der Waals surface area contributed by atoms with Crippen LogP contribution in [0.3, 0.4) is 0 Å². The Morgan fingerprint density at radius 1 is 1.63 bits per heavy atom. The van der Waals surface area contributed by atoms with Crippen molar-refractivity contribution in [2.24, 2.45) is 11.7 Å². The van der Waals surface area contributed by atoms with Gasteiger partial charge in [-0.1, -0.05) is 13.8 Å². The van der Waals surface area contributed by atoms with E-state index in [9.17, 15) is 4.79 Å². The molecule has 1 aliphatic heterocycles. The maximum absolute atomic E-state index is 12.3. The van der Waals surface area contributed by atoms with Gasteiger partial charge in [0.05, 0.1) is 10.2 Å². The SMILES string of the molecule is CC(C)c1[nH]nc(C(=O)N2CCC(CN)C2)c1Br.Cl. The maximum atomic E-state index is 12.3. The Hall–Kier alpha value is -0.590. The standard InChI is InChI=1S/C12H19BrN4O.ClH/c1-7(2)10-9(13)11(16-15-10)12(18)17-4-3-8(5-14)6-17;/h7-8H,3-6,14H2,1-2H3,(H,15,16);1H. The van der Waals surface area contributed by atoms with Crippen molar-refractivity contribution in [2.75, 3.05) is 19.6 Å². The monoisotopic (exact) mass is 350 g/mol. The van der Waals surface area contributed by atoms with Crippen molar-refractivity contribution < 1.29 is 4.79 Å². The number of hydrogen-bond donors (Lipinski definition) is 2. The van der Waals surface area contributed by atoms with Gasteiger partial charge in [-0.05, 0) is 40.7 Å². The van der Waals surface area contributed by atoms with Crippen molar-refractivity contribution in [1.29, 1.82) is 0 Å². The molecule has 1 aromatic heterocycles. The third-order valence-electron chi connectivity index (χ3n) is 3.42. The van der Waals surface area contributed by atoms with Gasteiger partial charge in [-0.3, -0.25) is 9.89 Å². The van der Waals surface area contributed by atoms with E-state index in [1.54, 1.807) is 0 Å². The van der Waals surface area contributed by atoms with E-state index in [-0.39, 0.29) is 18.3 Å². The van der Waals surface area contributed by atoms with Gasteiger partial charge in [0.25, 0.3) is 5.91 Å². The first-order valence-corrected chi connectivity index (χ1v) is 7.07. The molecule has 1 aromatic rings. The summed E-state index contributed by atoms with van der Waals surface area (Å²) in [5.41, 5.74) is 7.09. The van der Waals surface area contributed by atoms with E-state index in [0.717, 1.165) is 29.7 Å². The van der Waals surface area contributed by atoms with Crippen LogP contribution < -0.4 is 5.73 Å². The van der Waals surface area contributed by atoms with Crippen molar-refractivity contribution >= 4 is 34.2 Å². The van der Waals surface area contributed by atoms with Crippen LogP contribution in [0.2, 0.25) is 0 Å². The Bertz CT molecular complexity index is 449. The molecule has 1 aliphatic rings. The number of nitrogens with one attached hydrogen (secondary N) is 1. The molecule has 1 atom stereocenters. The minimum absolute atomic E-state index is 0. The van der Waals surface area contributed by atoms with E-state index < -0.39 is 0 Å². The number of halogens is 2. The number of likely N-dealkylation sites (tertiary alicyclic amines) is 1. The molecular weight excluding hydrogens is 332 g/mol. The summed E-state index contributed by atoms with van der Waals surface area (Å²) in [6.45, 7) is 6.28. The average Bonchev–Trinajstić information content (AvgIpc) is 2.94. The summed E-state index contributed by atoms with van der Waals surface area (Å²) < 4.78 is 0.790. The molecule has 1 unspecified atom stereocenters. The van der Waals surface area contributed by atoms with Crippen molar-refractivity contribution in [3.05, 3.63) is 15.9 Å². The number of hydrogen-bond acceptors (Lipinski definition) is 3. The highest BCUT2D eigenvalue weighted by Gasteiger charge is 2.29. The van der Waals surface area contributed by atoms with Gasteiger partial charge in [0.2, 0.25) is 0 Å². The third-order valence-corrected chi connectivity index (χ3v) is 4.22. The minimum Gasteiger partial charge on any atom is -0.337 e. The Morgan fingerprint density at radius 2 is 2.32 bits per heavy atom. The molecule has 0 spiro atoms. The van der Waals surface area contributed by atoms with Crippen molar-refractivity contribution in [1.82, 2.24) is 15.1 Å². The fraction of sp³-hybridized carbons (Fsp3) is 0.667. The van der Waals surface area contributed by atoms with E-state index in [2.05, 4.69) is 40.0 Å². The molecule has 3 N–H and O–H groups in total. The molecule has 7 heteroatoms. The minimum atomic E-state index is -0.0130. The molecule has 0 bridgehead atoms. The summed E-state index contributed by atoms with van der Waals surface area (Å²) in [7, 11) is 0. The summed E-state index contributed by atoms with van der Waals surface area (Å²) in [5, 5.41) is 7.07. The highest BCUT2D eigenvalue weighted by atomic mass is 79.9. The number of aromatic amines is 1. The van der Waals surface area contributed by atoms with Gasteiger partial charge in [-0.25, -0.2) is 0 Å². The maximum Gasteiger partial charge on any atom is 0.275 e. The number of carbonyl (C=O) groups is 1. The largest absolute Gasteiger partial charge is 0.337 e. The zero-order valence-corrected chi connectivity index (χ0v) is 13.6. The molecule has 2 heterocycles. The molecule has 0 radical (unpaired) electrons. The zero-order valence-electron chi connectivity index (χ0n) is 11.1. The molecule has 108 valence electrons. The first-order chi connectivity index (χ1) is 8.54. The Labute approximate surface area is 127 Å². The van der Waals surface area contributed by atoms with E-state index in [0.29, 0.717) is 24.1 Å². The predicted octanol–water partition coefficient (Wildman–Crippen LogP) is 2.14. The molecule has 0 aromatic carbocycles. The molecule has 2 rings (SSSR count). The number of aromatic nitrogens is 2. The predicted molar refractivity (Wildman–Crippen MR) is 80.7 cm³/mol. The Morgan fingerprint density at radius 3 is 2.79 bits per heavy atom. The normalized spacial score (nSPS) is 18.8. The summed E-state index contributed by atoms with van der Waals surface area (Å²) in [4.78, 5) is 14.2. The summed E-state index contributed by atoms with van der Waals surface area (Å²) in [6.07, 6.45) is 0.987. The molecule has 5 nitrogen and oxygen atoms in total. The first kappa shape index (κ1) is 16.5. The van der Waals surface area contributed by atoms with Gasteiger partial charge in [0.15, 0.2) is 5.69 Å².